The number of ketones is 1. The van der Waals surface area contributed by atoms with Crippen molar-refractivity contribution in [1.29, 1.82) is 0 Å². The highest BCUT2D eigenvalue weighted by Crippen LogP contribution is 2.34. The van der Waals surface area contributed by atoms with Gasteiger partial charge in [0.1, 0.15) is 11.4 Å². The zero-order valence-electron chi connectivity index (χ0n) is 23.2. The van der Waals surface area contributed by atoms with E-state index in [9.17, 15) is 19.1 Å². The molecule has 1 aromatic heterocycles. The number of aromatic nitrogens is 1. The average molecular weight is 573 g/mol. The van der Waals surface area contributed by atoms with E-state index in [1.54, 1.807) is 38.1 Å². The van der Waals surface area contributed by atoms with Crippen LogP contribution >= 0.6 is 11.6 Å². The van der Waals surface area contributed by atoms with Crippen LogP contribution in [0.3, 0.4) is 0 Å². The van der Waals surface area contributed by atoms with Crippen LogP contribution in [0.5, 0.6) is 11.5 Å². The van der Waals surface area contributed by atoms with Crippen molar-refractivity contribution in [3.05, 3.63) is 76.2 Å². The first-order valence-corrected chi connectivity index (χ1v) is 13.1. The molecule has 0 bridgehead atoms. The summed E-state index contributed by atoms with van der Waals surface area (Å²) >= 11 is 5.99. The third-order valence-electron chi connectivity index (χ3n) is 6.31. The Morgan fingerprint density at radius 3 is 2.42 bits per heavy atom. The molecule has 3 aromatic rings. The summed E-state index contributed by atoms with van der Waals surface area (Å²) in [4.78, 5) is 29.3. The number of Topliss-reactive ketones (excluding diaryl/α,β-unsaturated/α-hetero) is 1. The van der Waals surface area contributed by atoms with Gasteiger partial charge in [0.25, 0.3) is 0 Å². The van der Waals surface area contributed by atoms with E-state index in [1.165, 1.54) is 31.4 Å². The molecule has 3 rings (SSSR count). The molecule has 1 heterocycles. The molecule has 0 aliphatic carbocycles. The Kier molecular flexibility index (Phi) is 9.89. The molecule has 214 valence electrons. The summed E-state index contributed by atoms with van der Waals surface area (Å²) < 4.78 is 29.4. The number of halogens is 2. The SMILES string of the molecule is CCOC(=O)COc1ccc(C(=O)CCC(C)(O)c2cc(C(C)(C)N)cc(-c3ccc(F)c(Cl)c3)n2)cc1OC. The minimum atomic E-state index is -1.50. The van der Waals surface area contributed by atoms with Crippen LogP contribution in [0.25, 0.3) is 11.3 Å². The Balaban J connectivity index is 1.82. The Bertz CT molecular complexity index is 1390. The predicted octanol–water partition coefficient (Wildman–Crippen LogP) is 5.56. The van der Waals surface area contributed by atoms with Crippen molar-refractivity contribution < 1.29 is 33.3 Å². The van der Waals surface area contributed by atoms with Crippen molar-refractivity contribution in [2.75, 3.05) is 20.3 Å². The van der Waals surface area contributed by atoms with Crippen LogP contribution in [0.1, 0.15) is 62.2 Å². The van der Waals surface area contributed by atoms with Gasteiger partial charge in [-0.15, -0.1) is 0 Å². The molecule has 0 fully saturated rings. The van der Waals surface area contributed by atoms with Crippen molar-refractivity contribution in [3.63, 3.8) is 0 Å². The first-order chi connectivity index (χ1) is 18.7. The van der Waals surface area contributed by atoms with Gasteiger partial charge < -0.3 is 25.1 Å². The van der Waals surface area contributed by atoms with E-state index < -0.39 is 22.9 Å². The Hall–Kier alpha value is -3.53. The number of nitrogens with zero attached hydrogens (tertiary/aromatic N) is 1. The van der Waals surface area contributed by atoms with Crippen molar-refractivity contribution >= 4 is 23.4 Å². The summed E-state index contributed by atoms with van der Waals surface area (Å²) in [6.45, 7) is 6.85. The van der Waals surface area contributed by atoms with Crippen LogP contribution in [0.4, 0.5) is 4.39 Å². The lowest BCUT2D eigenvalue weighted by Gasteiger charge is -2.27. The zero-order valence-corrected chi connectivity index (χ0v) is 24.0. The molecule has 1 atom stereocenters. The van der Waals surface area contributed by atoms with Gasteiger partial charge in [-0.05, 0) is 88.2 Å². The van der Waals surface area contributed by atoms with Gasteiger partial charge in [-0.25, -0.2) is 14.2 Å². The van der Waals surface area contributed by atoms with Gasteiger partial charge in [0.2, 0.25) is 0 Å². The van der Waals surface area contributed by atoms with Crippen molar-refractivity contribution in [3.8, 4) is 22.8 Å². The van der Waals surface area contributed by atoms with Crippen LogP contribution in [0.15, 0.2) is 48.5 Å². The quantitative estimate of drug-likeness (QED) is 0.214. The average Bonchev–Trinajstić information content (AvgIpc) is 2.91. The van der Waals surface area contributed by atoms with E-state index in [2.05, 4.69) is 4.98 Å². The highest BCUT2D eigenvalue weighted by Gasteiger charge is 2.29. The smallest absolute Gasteiger partial charge is 0.344 e. The molecule has 0 saturated carbocycles. The van der Waals surface area contributed by atoms with Gasteiger partial charge in [-0.1, -0.05) is 11.6 Å². The molecule has 2 aromatic carbocycles. The Morgan fingerprint density at radius 1 is 1.07 bits per heavy atom. The summed E-state index contributed by atoms with van der Waals surface area (Å²) in [5, 5.41) is 11.4. The van der Waals surface area contributed by atoms with E-state index in [-0.39, 0.29) is 48.4 Å². The summed E-state index contributed by atoms with van der Waals surface area (Å²) in [7, 11) is 1.43. The molecule has 8 nitrogen and oxygen atoms in total. The number of hydrogen-bond acceptors (Lipinski definition) is 8. The minimum absolute atomic E-state index is 0.00514. The largest absolute Gasteiger partial charge is 0.493 e. The lowest BCUT2D eigenvalue weighted by molar-refractivity contribution is -0.145. The molecule has 1 unspecified atom stereocenters. The second-order valence-corrected chi connectivity index (χ2v) is 10.5. The van der Waals surface area contributed by atoms with Crippen molar-refractivity contribution in [2.24, 2.45) is 5.73 Å². The predicted molar refractivity (Wildman–Crippen MR) is 150 cm³/mol. The number of methoxy groups -OCH3 is 1. The highest BCUT2D eigenvalue weighted by atomic mass is 35.5. The number of pyridine rings is 1. The molecular formula is C30H34ClFN2O6. The number of aliphatic hydroxyl groups is 1. The van der Waals surface area contributed by atoms with Gasteiger partial charge in [-0.2, -0.15) is 0 Å². The summed E-state index contributed by atoms with van der Waals surface area (Å²) in [6.07, 6.45) is 0.0507. The third-order valence-corrected chi connectivity index (χ3v) is 6.60. The fraction of sp³-hybridized carbons (Fsp3) is 0.367. The van der Waals surface area contributed by atoms with E-state index in [0.29, 0.717) is 28.1 Å². The molecule has 0 amide bonds. The molecule has 0 aliphatic rings. The monoisotopic (exact) mass is 572 g/mol. The molecule has 0 spiro atoms. The first-order valence-electron chi connectivity index (χ1n) is 12.7. The van der Waals surface area contributed by atoms with E-state index in [1.807, 2.05) is 13.8 Å². The van der Waals surface area contributed by atoms with Crippen LogP contribution in [-0.4, -0.2) is 42.2 Å². The number of benzene rings is 2. The minimum Gasteiger partial charge on any atom is -0.493 e. The lowest BCUT2D eigenvalue weighted by atomic mass is 9.88. The number of esters is 1. The zero-order chi connectivity index (χ0) is 29.7. The molecule has 0 saturated heterocycles. The molecule has 10 heteroatoms. The van der Waals surface area contributed by atoms with Crippen molar-refractivity contribution in [1.82, 2.24) is 4.98 Å². The van der Waals surface area contributed by atoms with Gasteiger partial charge in [-0.3, -0.25) is 4.79 Å². The van der Waals surface area contributed by atoms with Crippen LogP contribution in [0, 0.1) is 5.82 Å². The molecule has 3 N–H and O–H groups in total. The maximum atomic E-state index is 13.8. The van der Waals surface area contributed by atoms with Gasteiger partial charge >= 0.3 is 5.97 Å². The number of carbonyl (C=O) groups is 2. The van der Waals surface area contributed by atoms with Crippen LogP contribution in [0.2, 0.25) is 5.02 Å². The summed E-state index contributed by atoms with van der Waals surface area (Å²) in [6, 6.07) is 12.4. The van der Waals surface area contributed by atoms with E-state index in [4.69, 9.17) is 31.5 Å². The topological polar surface area (TPSA) is 121 Å². The fourth-order valence-corrected chi connectivity index (χ4v) is 4.09. The number of ether oxygens (including phenoxy) is 3. The lowest BCUT2D eigenvalue weighted by Crippen LogP contribution is -2.31. The Morgan fingerprint density at radius 2 is 1.80 bits per heavy atom. The summed E-state index contributed by atoms with van der Waals surface area (Å²) in [5.74, 6) is -0.742. The van der Waals surface area contributed by atoms with Gasteiger partial charge in [0, 0.05) is 23.1 Å². The fourth-order valence-electron chi connectivity index (χ4n) is 3.91. The van der Waals surface area contributed by atoms with E-state index in [0.717, 1.165) is 0 Å². The normalized spacial score (nSPS) is 12.9. The third kappa shape index (κ3) is 7.78. The van der Waals surface area contributed by atoms with Gasteiger partial charge in [0.05, 0.1) is 30.1 Å². The number of rotatable bonds is 12. The first kappa shape index (κ1) is 31.0. The van der Waals surface area contributed by atoms with Crippen LogP contribution in [-0.2, 0) is 20.7 Å². The molecule has 0 aliphatic heterocycles. The van der Waals surface area contributed by atoms with E-state index >= 15 is 0 Å². The second-order valence-electron chi connectivity index (χ2n) is 10.1. The highest BCUT2D eigenvalue weighted by molar-refractivity contribution is 6.31. The van der Waals surface area contributed by atoms with Gasteiger partial charge in [0.15, 0.2) is 23.9 Å². The summed E-state index contributed by atoms with van der Waals surface area (Å²) in [5.41, 5.74) is 6.48. The molecular weight excluding hydrogens is 539 g/mol. The molecule has 0 radical (unpaired) electrons. The van der Waals surface area contributed by atoms with Crippen LogP contribution < -0.4 is 15.2 Å². The maximum Gasteiger partial charge on any atom is 0.344 e. The molecule has 40 heavy (non-hydrogen) atoms. The second kappa shape index (κ2) is 12.8. The number of hydrogen-bond donors (Lipinski definition) is 2. The number of carbonyl (C=O) groups excluding carboxylic acids is 2. The number of nitrogens with two attached hydrogens (primary N) is 1. The van der Waals surface area contributed by atoms with Crippen molar-refractivity contribution in [2.45, 2.75) is 51.7 Å². The Labute approximate surface area is 238 Å². The standard InChI is InChI=1S/C30H34ClFN2O6/c1-6-39-28(36)17-40-25-10-8-19(14-26(25)38-5)24(35)11-12-30(4,37)27-16-20(29(2,3)33)15-23(34-27)18-7-9-22(32)21(31)13-18/h7-10,13-16,37H,6,11-12,17,33H2,1-5H3. The maximum absolute atomic E-state index is 13.8.